The molecular weight excluding hydrogens is 416 g/mol. The number of benzene rings is 2. The Bertz CT molecular complexity index is 1250. The summed E-state index contributed by atoms with van der Waals surface area (Å²) in [6, 6.07) is 15.9. The summed E-state index contributed by atoms with van der Waals surface area (Å²) in [7, 11) is 0. The van der Waals surface area contributed by atoms with Gasteiger partial charge < -0.3 is 10.6 Å². The number of hydrogen-bond donors (Lipinski definition) is 2. The van der Waals surface area contributed by atoms with E-state index in [1.54, 1.807) is 6.33 Å². The highest BCUT2D eigenvalue weighted by Crippen LogP contribution is 2.38. The van der Waals surface area contributed by atoms with Gasteiger partial charge in [-0.25, -0.2) is 9.97 Å². The number of nitrogens with one attached hydrogen (secondary N) is 2. The lowest BCUT2D eigenvalue weighted by atomic mass is 9.97. The first kappa shape index (κ1) is 20.6. The topological polar surface area (TPSA) is 66.9 Å². The number of aryl methyl sites for hydroxylation is 3. The normalized spacial score (nSPS) is 13.0. The zero-order chi connectivity index (χ0) is 21.9. The predicted octanol–water partition coefficient (Wildman–Crippen LogP) is 5.42. The average molecular weight is 443 g/mol. The number of anilines is 1. The Labute approximate surface area is 191 Å². The summed E-state index contributed by atoms with van der Waals surface area (Å²) in [6.45, 7) is 3.24. The molecule has 0 spiro atoms. The second kappa shape index (κ2) is 9.09. The summed E-state index contributed by atoms with van der Waals surface area (Å²) < 4.78 is 0. The van der Waals surface area contributed by atoms with E-state index in [0.29, 0.717) is 18.7 Å². The lowest BCUT2D eigenvalue weighted by Crippen LogP contribution is -2.22. The first-order chi connectivity index (χ1) is 15.7. The fraction of sp³-hybridized carbons (Fsp3) is 0.269. The van der Waals surface area contributed by atoms with Crippen LogP contribution in [0.5, 0.6) is 0 Å². The second-order valence-electron chi connectivity index (χ2n) is 8.33. The second-order valence-corrected chi connectivity index (χ2v) is 9.42. The molecule has 2 aromatic carbocycles. The largest absolute Gasteiger partial charge is 0.365 e. The smallest absolute Gasteiger partial charge is 0.251 e. The average Bonchev–Trinajstić information content (AvgIpc) is 3.22. The Morgan fingerprint density at radius 3 is 2.47 bits per heavy atom. The molecule has 2 heterocycles. The van der Waals surface area contributed by atoms with E-state index in [9.17, 15) is 4.79 Å². The van der Waals surface area contributed by atoms with Gasteiger partial charge in [0.25, 0.3) is 5.91 Å². The molecule has 0 unspecified atom stereocenters. The first-order valence-electron chi connectivity index (χ1n) is 11.1. The monoisotopic (exact) mass is 442 g/mol. The Hall–Kier alpha value is -3.25. The van der Waals surface area contributed by atoms with Gasteiger partial charge in [0.05, 0.1) is 5.39 Å². The number of nitrogens with zero attached hydrogens (tertiary/aromatic N) is 2. The minimum atomic E-state index is -0.0625. The minimum absolute atomic E-state index is 0.0625. The first-order valence-corrected chi connectivity index (χ1v) is 11.9. The van der Waals surface area contributed by atoms with Crippen LogP contribution in [0.4, 0.5) is 5.82 Å². The van der Waals surface area contributed by atoms with Crippen LogP contribution in [0.15, 0.2) is 54.9 Å². The molecule has 0 bridgehead atoms. The van der Waals surface area contributed by atoms with Gasteiger partial charge in [-0.3, -0.25) is 4.79 Å². The van der Waals surface area contributed by atoms with Crippen molar-refractivity contribution < 1.29 is 4.79 Å². The van der Waals surface area contributed by atoms with Crippen LogP contribution in [0.1, 0.15) is 50.3 Å². The van der Waals surface area contributed by atoms with Crippen molar-refractivity contribution in [3.05, 3.63) is 87.6 Å². The molecule has 1 aliphatic carbocycles. The SMILES string of the molecule is Cc1ccc(CNC(=O)c2ccc(CNc3ncnc4sc5c(c34)CCCC5)cc2)cc1. The molecule has 0 saturated heterocycles. The molecule has 0 radical (unpaired) electrons. The third-order valence-corrected chi connectivity index (χ3v) is 7.20. The number of carbonyl (C=O) groups is 1. The standard InChI is InChI=1S/C26H26N4OS/c1-17-6-8-18(9-7-17)15-28-25(31)20-12-10-19(11-13-20)14-27-24-23-21-4-2-3-5-22(21)32-26(23)30-16-29-24/h6-13,16H,2-5,14-15H2,1H3,(H,28,31)(H,27,29,30). The van der Waals surface area contributed by atoms with Crippen molar-refractivity contribution in [2.75, 3.05) is 5.32 Å². The lowest BCUT2D eigenvalue weighted by molar-refractivity contribution is 0.0951. The van der Waals surface area contributed by atoms with E-state index in [1.807, 2.05) is 47.7 Å². The number of aromatic nitrogens is 2. The number of amides is 1. The van der Waals surface area contributed by atoms with Crippen LogP contribution in [0.3, 0.4) is 0 Å². The van der Waals surface area contributed by atoms with Gasteiger partial charge in [0.15, 0.2) is 0 Å². The van der Waals surface area contributed by atoms with Crippen LogP contribution >= 0.6 is 11.3 Å². The molecule has 2 N–H and O–H groups in total. The van der Waals surface area contributed by atoms with Crippen molar-refractivity contribution in [3.63, 3.8) is 0 Å². The van der Waals surface area contributed by atoms with Gasteiger partial charge in [-0.1, -0.05) is 42.0 Å². The number of rotatable bonds is 6. The number of thiophene rings is 1. The predicted molar refractivity (Wildman–Crippen MR) is 130 cm³/mol. The van der Waals surface area contributed by atoms with Gasteiger partial charge in [-0.05, 0) is 61.4 Å². The van der Waals surface area contributed by atoms with Gasteiger partial charge in [0.1, 0.15) is 17.0 Å². The highest BCUT2D eigenvalue weighted by molar-refractivity contribution is 7.19. The number of carbonyl (C=O) groups excluding carboxylic acids is 1. The van der Waals surface area contributed by atoms with Crippen LogP contribution in [-0.4, -0.2) is 15.9 Å². The Balaban J connectivity index is 1.23. The third-order valence-electron chi connectivity index (χ3n) is 6.00. The molecule has 1 amide bonds. The van der Waals surface area contributed by atoms with Crippen LogP contribution in [0.2, 0.25) is 0 Å². The van der Waals surface area contributed by atoms with Crippen molar-refractivity contribution in [2.45, 2.75) is 45.7 Å². The van der Waals surface area contributed by atoms with Crippen molar-refractivity contribution in [2.24, 2.45) is 0 Å². The maximum Gasteiger partial charge on any atom is 0.251 e. The van der Waals surface area contributed by atoms with Crippen LogP contribution < -0.4 is 10.6 Å². The third kappa shape index (κ3) is 4.36. The summed E-state index contributed by atoms with van der Waals surface area (Å²) in [5.74, 6) is 0.849. The van der Waals surface area contributed by atoms with E-state index < -0.39 is 0 Å². The Kier molecular flexibility index (Phi) is 5.86. The van der Waals surface area contributed by atoms with Crippen molar-refractivity contribution >= 4 is 33.3 Å². The summed E-state index contributed by atoms with van der Waals surface area (Å²) in [6.07, 6.45) is 6.42. The van der Waals surface area contributed by atoms with Crippen molar-refractivity contribution in [1.82, 2.24) is 15.3 Å². The summed E-state index contributed by atoms with van der Waals surface area (Å²) in [5, 5.41) is 7.68. The van der Waals surface area contributed by atoms with Gasteiger partial charge in [0, 0.05) is 23.5 Å². The fourth-order valence-corrected chi connectivity index (χ4v) is 5.40. The van der Waals surface area contributed by atoms with Gasteiger partial charge in [-0.15, -0.1) is 11.3 Å². The van der Waals surface area contributed by atoms with E-state index in [0.717, 1.165) is 34.6 Å². The van der Waals surface area contributed by atoms with Crippen LogP contribution in [0.25, 0.3) is 10.2 Å². The maximum absolute atomic E-state index is 12.5. The Morgan fingerprint density at radius 1 is 0.938 bits per heavy atom. The van der Waals surface area contributed by atoms with Gasteiger partial charge in [0.2, 0.25) is 0 Å². The zero-order valence-electron chi connectivity index (χ0n) is 18.1. The molecule has 0 saturated carbocycles. The molecule has 2 aromatic heterocycles. The molecule has 0 aliphatic heterocycles. The van der Waals surface area contributed by atoms with Crippen LogP contribution in [-0.2, 0) is 25.9 Å². The van der Waals surface area contributed by atoms with Gasteiger partial charge >= 0.3 is 0 Å². The lowest BCUT2D eigenvalue weighted by Gasteiger charge is -2.12. The molecule has 4 aromatic rings. The van der Waals surface area contributed by atoms with E-state index in [-0.39, 0.29) is 5.91 Å². The van der Waals surface area contributed by atoms with E-state index in [1.165, 1.54) is 34.2 Å². The van der Waals surface area contributed by atoms with E-state index in [2.05, 4.69) is 39.7 Å². The summed E-state index contributed by atoms with van der Waals surface area (Å²) in [4.78, 5) is 24.1. The molecule has 0 fully saturated rings. The molecule has 5 nitrogen and oxygen atoms in total. The molecule has 1 aliphatic rings. The van der Waals surface area contributed by atoms with Crippen molar-refractivity contribution in [3.8, 4) is 0 Å². The highest BCUT2D eigenvalue weighted by atomic mass is 32.1. The minimum Gasteiger partial charge on any atom is -0.365 e. The van der Waals surface area contributed by atoms with Crippen LogP contribution in [0, 0.1) is 6.92 Å². The Morgan fingerprint density at radius 2 is 1.66 bits per heavy atom. The molecular formula is C26H26N4OS. The van der Waals surface area contributed by atoms with E-state index in [4.69, 9.17) is 0 Å². The summed E-state index contributed by atoms with van der Waals surface area (Å²) >= 11 is 1.81. The fourth-order valence-electron chi connectivity index (χ4n) is 4.17. The zero-order valence-corrected chi connectivity index (χ0v) is 19.0. The number of fused-ring (bicyclic) bond motifs is 3. The molecule has 162 valence electrons. The molecule has 5 rings (SSSR count). The maximum atomic E-state index is 12.5. The molecule has 6 heteroatoms. The quantitative estimate of drug-likeness (QED) is 0.418. The van der Waals surface area contributed by atoms with E-state index >= 15 is 0 Å². The van der Waals surface area contributed by atoms with Gasteiger partial charge in [-0.2, -0.15) is 0 Å². The summed E-state index contributed by atoms with van der Waals surface area (Å²) in [5.41, 5.74) is 5.51. The highest BCUT2D eigenvalue weighted by Gasteiger charge is 2.19. The number of hydrogen-bond acceptors (Lipinski definition) is 5. The molecule has 32 heavy (non-hydrogen) atoms. The molecule has 0 atom stereocenters. The van der Waals surface area contributed by atoms with Crippen molar-refractivity contribution in [1.29, 1.82) is 0 Å².